The first kappa shape index (κ1) is 8.74. The van der Waals surface area contributed by atoms with Gasteiger partial charge in [-0.1, -0.05) is 39.3 Å². The highest BCUT2D eigenvalue weighted by Crippen LogP contribution is 2.16. The van der Waals surface area contributed by atoms with Gasteiger partial charge in [-0.05, 0) is 18.8 Å². The van der Waals surface area contributed by atoms with Crippen molar-refractivity contribution in [2.24, 2.45) is 5.92 Å². The van der Waals surface area contributed by atoms with Crippen LogP contribution in [0.4, 0.5) is 0 Å². The summed E-state index contributed by atoms with van der Waals surface area (Å²) >= 11 is 0. The van der Waals surface area contributed by atoms with Crippen LogP contribution in [0.25, 0.3) is 0 Å². The van der Waals surface area contributed by atoms with E-state index in [1.54, 1.807) is 0 Å². The molecule has 0 amide bonds. The summed E-state index contributed by atoms with van der Waals surface area (Å²) in [7, 11) is 0. The van der Waals surface area contributed by atoms with Crippen LogP contribution < -0.4 is 0 Å². The lowest BCUT2D eigenvalue weighted by Crippen LogP contribution is -1.94. The van der Waals surface area contributed by atoms with E-state index >= 15 is 0 Å². The van der Waals surface area contributed by atoms with Gasteiger partial charge < -0.3 is 0 Å². The smallest absolute Gasteiger partial charge is 0.0237 e. The molecule has 0 nitrogen and oxygen atoms in total. The molecule has 9 heavy (non-hydrogen) atoms. The first-order valence-corrected chi connectivity index (χ1v) is 3.90. The maximum atomic E-state index is 4.02. The highest BCUT2D eigenvalue weighted by molar-refractivity contribution is 4.97. The first-order valence-electron chi connectivity index (χ1n) is 3.90. The average Bonchev–Trinajstić information content (AvgIpc) is 1.87. The molecule has 54 valence electrons. The molecule has 0 aliphatic carbocycles. The lowest BCUT2D eigenvalue weighted by Gasteiger charge is -2.09. The lowest BCUT2D eigenvalue weighted by molar-refractivity contribution is 0.621. The van der Waals surface area contributed by atoms with E-state index in [-0.39, 0.29) is 0 Å². The Morgan fingerprint density at radius 2 is 2.00 bits per heavy atom. The van der Waals surface area contributed by atoms with Gasteiger partial charge in [-0.3, -0.25) is 0 Å². The van der Waals surface area contributed by atoms with Gasteiger partial charge in [0, 0.05) is 0 Å². The van der Waals surface area contributed by atoms with Crippen molar-refractivity contribution >= 4 is 0 Å². The predicted octanol–water partition coefficient (Wildman–Crippen LogP) is 3.39. The van der Waals surface area contributed by atoms with E-state index in [9.17, 15) is 0 Å². The molecular formula is C9H18. The van der Waals surface area contributed by atoms with Crippen molar-refractivity contribution in [2.75, 3.05) is 0 Å². The molecule has 0 heteroatoms. The summed E-state index contributed by atoms with van der Waals surface area (Å²) in [4.78, 5) is 0. The minimum atomic E-state index is 0.727. The fourth-order valence-corrected chi connectivity index (χ4v) is 0.856. The lowest BCUT2D eigenvalue weighted by atomic mass is 9.97. The standard InChI is InChI=1S/C9H18/c1-5-7-9(4)8(3)6-2/h8H,4-7H2,1-3H3. The Hall–Kier alpha value is -0.260. The molecule has 1 unspecified atom stereocenters. The van der Waals surface area contributed by atoms with Crippen LogP contribution in [0, 0.1) is 5.92 Å². The molecule has 0 heterocycles. The average molecular weight is 126 g/mol. The first-order chi connectivity index (χ1) is 4.22. The second kappa shape index (κ2) is 4.60. The maximum Gasteiger partial charge on any atom is -0.0237 e. The minimum absolute atomic E-state index is 0.727. The van der Waals surface area contributed by atoms with E-state index in [1.807, 2.05) is 0 Å². The summed E-state index contributed by atoms with van der Waals surface area (Å²) in [5.41, 5.74) is 1.42. The second-order valence-corrected chi connectivity index (χ2v) is 2.72. The van der Waals surface area contributed by atoms with Gasteiger partial charge in [-0.15, -0.1) is 0 Å². The van der Waals surface area contributed by atoms with E-state index in [0.717, 1.165) is 5.92 Å². The van der Waals surface area contributed by atoms with Crippen molar-refractivity contribution < 1.29 is 0 Å². The second-order valence-electron chi connectivity index (χ2n) is 2.72. The van der Waals surface area contributed by atoms with Crippen LogP contribution in [0.5, 0.6) is 0 Å². The third kappa shape index (κ3) is 3.34. The van der Waals surface area contributed by atoms with Gasteiger partial charge in [0.2, 0.25) is 0 Å². The Balaban J connectivity index is 3.46. The Labute approximate surface area is 59.0 Å². The molecule has 0 aliphatic rings. The van der Waals surface area contributed by atoms with E-state index in [2.05, 4.69) is 27.4 Å². The Bertz CT molecular complexity index is 82.0. The summed E-state index contributed by atoms with van der Waals surface area (Å²) < 4.78 is 0. The molecule has 0 rings (SSSR count). The van der Waals surface area contributed by atoms with Crippen LogP contribution in [0.1, 0.15) is 40.0 Å². The fraction of sp³-hybridized carbons (Fsp3) is 0.778. The van der Waals surface area contributed by atoms with Crippen molar-refractivity contribution in [1.29, 1.82) is 0 Å². The SMILES string of the molecule is C=C(CCC)C(C)CC. The summed E-state index contributed by atoms with van der Waals surface area (Å²) in [6.07, 6.45) is 3.68. The van der Waals surface area contributed by atoms with Crippen LogP contribution >= 0.6 is 0 Å². The fourth-order valence-electron chi connectivity index (χ4n) is 0.856. The molecule has 0 saturated carbocycles. The van der Waals surface area contributed by atoms with Gasteiger partial charge >= 0.3 is 0 Å². The van der Waals surface area contributed by atoms with Crippen molar-refractivity contribution in [3.05, 3.63) is 12.2 Å². The molecule has 0 aromatic heterocycles. The molecule has 0 radical (unpaired) electrons. The summed E-state index contributed by atoms with van der Waals surface area (Å²) in [6, 6.07) is 0. The van der Waals surface area contributed by atoms with Crippen LogP contribution in [-0.4, -0.2) is 0 Å². The highest BCUT2D eigenvalue weighted by atomic mass is 14.1. The van der Waals surface area contributed by atoms with Gasteiger partial charge in [0.05, 0.1) is 0 Å². The third-order valence-corrected chi connectivity index (χ3v) is 1.88. The normalized spacial score (nSPS) is 13.2. The van der Waals surface area contributed by atoms with Gasteiger partial charge in [0.25, 0.3) is 0 Å². The molecule has 0 fully saturated rings. The molecule has 0 aromatic rings. The van der Waals surface area contributed by atoms with E-state index < -0.39 is 0 Å². The monoisotopic (exact) mass is 126 g/mol. The topological polar surface area (TPSA) is 0 Å². The van der Waals surface area contributed by atoms with Crippen molar-refractivity contribution in [3.63, 3.8) is 0 Å². The molecule has 0 aromatic carbocycles. The van der Waals surface area contributed by atoms with Crippen LogP contribution in [-0.2, 0) is 0 Å². The zero-order chi connectivity index (χ0) is 7.28. The van der Waals surface area contributed by atoms with E-state index in [1.165, 1.54) is 24.8 Å². The van der Waals surface area contributed by atoms with Crippen LogP contribution in [0.15, 0.2) is 12.2 Å². The number of allylic oxidation sites excluding steroid dienone is 1. The molecule has 0 N–H and O–H groups in total. The van der Waals surface area contributed by atoms with Gasteiger partial charge in [-0.2, -0.15) is 0 Å². The minimum Gasteiger partial charge on any atom is -0.0996 e. The van der Waals surface area contributed by atoms with E-state index in [0.29, 0.717) is 0 Å². The van der Waals surface area contributed by atoms with Crippen LogP contribution in [0.2, 0.25) is 0 Å². The van der Waals surface area contributed by atoms with Gasteiger partial charge in [0.15, 0.2) is 0 Å². The Morgan fingerprint density at radius 3 is 2.33 bits per heavy atom. The summed E-state index contributed by atoms with van der Waals surface area (Å²) in [6.45, 7) is 10.7. The highest BCUT2D eigenvalue weighted by Gasteiger charge is 2.00. The number of rotatable bonds is 4. The predicted molar refractivity (Wildman–Crippen MR) is 43.5 cm³/mol. The van der Waals surface area contributed by atoms with E-state index in [4.69, 9.17) is 0 Å². The van der Waals surface area contributed by atoms with Crippen molar-refractivity contribution in [3.8, 4) is 0 Å². The zero-order valence-corrected chi connectivity index (χ0v) is 6.91. The summed E-state index contributed by atoms with van der Waals surface area (Å²) in [5, 5.41) is 0. The third-order valence-electron chi connectivity index (χ3n) is 1.88. The largest absolute Gasteiger partial charge is 0.0996 e. The molecule has 0 saturated heterocycles. The summed E-state index contributed by atoms with van der Waals surface area (Å²) in [5.74, 6) is 0.727. The Kier molecular flexibility index (Phi) is 4.47. The molecule has 0 aliphatic heterocycles. The quantitative estimate of drug-likeness (QED) is 0.506. The van der Waals surface area contributed by atoms with Crippen molar-refractivity contribution in [1.82, 2.24) is 0 Å². The maximum absolute atomic E-state index is 4.02. The van der Waals surface area contributed by atoms with Crippen molar-refractivity contribution in [2.45, 2.75) is 40.0 Å². The molecule has 0 spiro atoms. The van der Waals surface area contributed by atoms with Crippen LogP contribution in [0.3, 0.4) is 0 Å². The van der Waals surface area contributed by atoms with Gasteiger partial charge in [-0.25, -0.2) is 0 Å². The number of hydrogen-bond donors (Lipinski definition) is 0. The zero-order valence-electron chi connectivity index (χ0n) is 6.91. The van der Waals surface area contributed by atoms with Gasteiger partial charge in [0.1, 0.15) is 0 Å². The molecule has 0 bridgehead atoms. The molecular weight excluding hydrogens is 108 g/mol. The Morgan fingerprint density at radius 1 is 1.44 bits per heavy atom. The number of hydrogen-bond acceptors (Lipinski definition) is 0. The molecule has 1 atom stereocenters.